The Kier molecular flexibility index (Phi) is 6.79. The number of halogens is 1. The number of aliphatic carboxylic acids is 1. The first kappa shape index (κ1) is 19.5. The quantitative estimate of drug-likeness (QED) is 0.782. The second-order valence-corrected chi connectivity index (χ2v) is 8.03. The number of piperidine rings is 1. The third-order valence-electron chi connectivity index (χ3n) is 5.58. The molecule has 0 spiro atoms. The maximum Gasteiger partial charge on any atom is 0.317 e. The number of benzene rings is 1. The van der Waals surface area contributed by atoms with Crippen molar-refractivity contribution >= 4 is 17.6 Å². The number of carboxylic acid groups (broad SMARTS) is 1. The average molecular weight is 381 g/mol. The molecule has 2 aliphatic rings. The first-order valence-corrected chi connectivity index (χ1v) is 9.98. The van der Waals surface area contributed by atoms with Gasteiger partial charge in [0.15, 0.2) is 0 Å². The molecule has 1 aliphatic carbocycles. The van der Waals surface area contributed by atoms with Crippen LogP contribution in [0, 0.1) is 0 Å². The van der Waals surface area contributed by atoms with Crippen LogP contribution >= 0.6 is 11.6 Å². The zero-order chi connectivity index (χ0) is 18.5. The Labute approximate surface area is 160 Å². The molecule has 1 heterocycles. The van der Waals surface area contributed by atoms with Gasteiger partial charge in [-0.25, -0.2) is 0 Å². The number of likely N-dealkylation sites (tertiary alicyclic amines) is 1. The highest BCUT2D eigenvalue weighted by molar-refractivity contribution is 6.30. The maximum absolute atomic E-state index is 10.9. The summed E-state index contributed by atoms with van der Waals surface area (Å²) in [5, 5.41) is 9.70. The SMILES string of the molecule is CN(CC(=O)O)C1CCN(Cc2cc(Cl)ccc2OC2CCCC2)CC1. The van der Waals surface area contributed by atoms with Crippen LogP contribution in [0.4, 0.5) is 0 Å². The van der Waals surface area contributed by atoms with Crippen LogP contribution in [-0.2, 0) is 11.3 Å². The zero-order valence-electron chi connectivity index (χ0n) is 15.5. The van der Waals surface area contributed by atoms with Crippen LogP contribution in [0.25, 0.3) is 0 Å². The van der Waals surface area contributed by atoms with E-state index in [1.54, 1.807) is 0 Å². The minimum atomic E-state index is -0.762. The Bertz CT molecular complexity index is 611. The zero-order valence-corrected chi connectivity index (χ0v) is 16.2. The molecule has 1 saturated carbocycles. The van der Waals surface area contributed by atoms with Crippen molar-refractivity contribution in [2.24, 2.45) is 0 Å². The lowest BCUT2D eigenvalue weighted by Gasteiger charge is -2.36. The second-order valence-electron chi connectivity index (χ2n) is 7.59. The number of nitrogens with zero attached hydrogens (tertiary/aromatic N) is 2. The Balaban J connectivity index is 1.57. The lowest BCUT2D eigenvalue weighted by molar-refractivity contribution is -0.138. The van der Waals surface area contributed by atoms with E-state index in [0.717, 1.165) is 61.7 Å². The van der Waals surface area contributed by atoms with Gasteiger partial charge in [0.05, 0.1) is 12.6 Å². The molecule has 1 aromatic carbocycles. The Morgan fingerprint density at radius 3 is 2.62 bits per heavy atom. The summed E-state index contributed by atoms with van der Waals surface area (Å²) in [5.74, 6) is 0.203. The van der Waals surface area contributed by atoms with Crippen molar-refractivity contribution in [3.63, 3.8) is 0 Å². The largest absolute Gasteiger partial charge is 0.490 e. The number of hydrogen-bond donors (Lipinski definition) is 1. The minimum Gasteiger partial charge on any atom is -0.490 e. The van der Waals surface area contributed by atoms with E-state index in [-0.39, 0.29) is 6.54 Å². The predicted octanol–water partition coefficient (Wildman–Crippen LogP) is 3.64. The van der Waals surface area contributed by atoms with Gasteiger partial charge in [0.25, 0.3) is 0 Å². The smallest absolute Gasteiger partial charge is 0.317 e. The van der Waals surface area contributed by atoms with Gasteiger partial charge in [0.1, 0.15) is 5.75 Å². The van der Waals surface area contributed by atoms with Crippen LogP contribution in [0.5, 0.6) is 5.75 Å². The molecular formula is C20H29ClN2O3. The van der Waals surface area contributed by atoms with Crippen molar-refractivity contribution in [3.05, 3.63) is 28.8 Å². The van der Waals surface area contributed by atoms with Crippen LogP contribution in [-0.4, -0.2) is 59.7 Å². The predicted molar refractivity (Wildman–Crippen MR) is 103 cm³/mol. The fraction of sp³-hybridized carbons (Fsp3) is 0.650. The topological polar surface area (TPSA) is 53.0 Å². The van der Waals surface area contributed by atoms with Gasteiger partial charge < -0.3 is 9.84 Å². The number of ether oxygens (including phenoxy) is 1. The van der Waals surface area contributed by atoms with Gasteiger partial charge in [0, 0.05) is 23.2 Å². The van der Waals surface area contributed by atoms with Gasteiger partial charge in [-0.1, -0.05) is 11.6 Å². The summed E-state index contributed by atoms with van der Waals surface area (Å²) >= 11 is 6.23. The summed E-state index contributed by atoms with van der Waals surface area (Å²) in [5.41, 5.74) is 1.15. The Morgan fingerprint density at radius 1 is 1.27 bits per heavy atom. The van der Waals surface area contributed by atoms with Crippen molar-refractivity contribution in [1.82, 2.24) is 9.80 Å². The molecule has 1 N–H and O–H groups in total. The summed E-state index contributed by atoms with van der Waals surface area (Å²) in [7, 11) is 1.90. The lowest BCUT2D eigenvalue weighted by atomic mass is 10.0. The van der Waals surface area contributed by atoms with Crippen LogP contribution < -0.4 is 4.74 Å². The molecule has 0 aromatic heterocycles. The van der Waals surface area contributed by atoms with Crippen molar-refractivity contribution in [2.45, 2.75) is 57.2 Å². The molecular weight excluding hydrogens is 352 g/mol. The summed E-state index contributed by atoms with van der Waals surface area (Å²) in [6.45, 7) is 2.87. The van der Waals surface area contributed by atoms with Crippen molar-refractivity contribution in [3.8, 4) is 5.75 Å². The third-order valence-corrected chi connectivity index (χ3v) is 5.81. The molecule has 6 heteroatoms. The molecule has 0 radical (unpaired) electrons. The van der Waals surface area contributed by atoms with Gasteiger partial charge in [0.2, 0.25) is 0 Å². The normalized spacial score (nSPS) is 20.0. The monoisotopic (exact) mass is 380 g/mol. The molecule has 2 fully saturated rings. The van der Waals surface area contributed by atoms with Gasteiger partial charge in [-0.2, -0.15) is 0 Å². The number of rotatable bonds is 7. The van der Waals surface area contributed by atoms with E-state index >= 15 is 0 Å². The molecule has 0 atom stereocenters. The average Bonchev–Trinajstić information content (AvgIpc) is 3.10. The van der Waals surface area contributed by atoms with Gasteiger partial charge in [-0.3, -0.25) is 14.6 Å². The highest BCUT2D eigenvalue weighted by Crippen LogP contribution is 2.30. The maximum atomic E-state index is 10.9. The first-order chi connectivity index (χ1) is 12.5. The van der Waals surface area contributed by atoms with Crippen LogP contribution in [0.1, 0.15) is 44.1 Å². The molecule has 1 saturated heterocycles. The van der Waals surface area contributed by atoms with Crippen LogP contribution in [0.15, 0.2) is 18.2 Å². The van der Waals surface area contributed by atoms with E-state index < -0.39 is 5.97 Å². The van der Waals surface area contributed by atoms with Crippen LogP contribution in [0.3, 0.4) is 0 Å². The Morgan fingerprint density at radius 2 is 1.96 bits per heavy atom. The summed E-state index contributed by atoms with van der Waals surface area (Å²) in [6, 6.07) is 6.27. The van der Waals surface area contributed by atoms with Gasteiger partial charge >= 0.3 is 5.97 Å². The summed E-state index contributed by atoms with van der Waals surface area (Å²) < 4.78 is 6.25. The molecule has 144 valence electrons. The van der Waals surface area contributed by atoms with Gasteiger partial charge in [-0.05, 0) is 76.9 Å². The standard InChI is InChI=1S/C20H29ClN2O3/c1-22(14-20(24)25)17-8-10-23(11-9-17)13-15-12-16(21)6-7-19(15)26-18-4-2-3-5-18/h6-7,12,17-18H,2-5,8-11,13-14H2,1H3,(H,24,25). The van der Waals surface area contributed by atoms with Crippen LogP contribution in [0.2, 0.25) is 5.02 Å². The minimum absolute atomic E-state index is 0.109. The van der Waals surface area contributed by atoms with E-state index in [9.17, 15) is 4.79 Å². The highest BCUT2D eigenvalue weighted by atomic mass is 35.5. The second kappa shape index (κ2) is 9.07. The van der Waals surface area contributed by atoms with E-state index in [2.05, 4.69) is 4.90 Å². The van der Waals surface area contributed by atoms with E-state index in [1.807, 2.05) is 30.1 Å². The van der Waals surface area contributed by atoms with Crippen molar-refractivity contribution in [2.75, 3.05) is 26.7 Å². The lowest BCUT2D eigenvalue weighted by Crippen LogP contribution is -2.44. The summed E-state index contributed by atoms with van der Waals surface area (Å²) in [6.07, 6.45) is 7.11. The molecule has 26 heavy (non-hydrogen) atoms. The molecule has 0 unspecified atom stereocenters. The van der Waals surface area contributed by atoms with E-state index in [1.165, 1.54) is 12.8 Å². The fourth-order valence-electron chi connectivity index (χ4n) is 4.07. The fourth-order valence-corrected chi connectivity index (χ4v) is 4.27. The Hall–Kier alpha value is -1.30. The van der Waals surface area contributed by atoms with E-state index in [0.29, 0.717) is 12.1 Å². The number of carbonyl (C=O) groups is 1. The summed E-state index contributed by atoms with van der Waals surface area (Å²) in [4.78, 5) is 15.3. The molecule has 1 aromatic rings. The molecule has 3 rings (SSSR count). The molecule has 5 nitrogen and oxygen atoms in total. The molecule has 0 amide bonds. The van der Waals surface area contributed by atoms with E-state index in [4.69, 9.17) is 21.4 Å². The highest BCUT2D eigenvalue weighted by Gasteiger charge is 2.25. The molecule has 1 aliphatic heterocycles. The van der Waals surface area contributed by atoms with Crippen molar-refractivity contribution < 1.29 is 14.6 Å². The molecule has 0 bridgehead atoms. The number of carboxylic acids is 1. The van der Waals surface area contributed by atoms with Gasteiger partial charge in [-0.15, -0.1) is 0 Å². The van der Waals surface area contributed by atoms with Crippen molar-refractivity contribution in [1.29, 1.82) is 0 Å². The third kappa shape index (κ3) is 5.35. The number of hydrogen-bond acceptors (Lipinski definition) is 4. The first-order valence-electron chi connectivity index (χ1n) is 9.60. The number of likely N-dealkylation sites (N-methyl/N-ethyl adjacent to an activating group) is 1.